The number of hydrogen-bond donors (Lipinski definition) is 1. The second-order valence-electron chi connectivity index (χ2n) is 5.69. The number of carbonyl (C=O) groups is 1. The fourth-order valence-corrected chi connectivity index (χ4v) is 3.21. The Hall–Kier alpha value is -0.610. The van der Waals surface area contributed by atoms with E-state index in [2.05, 4.69) is 4.90 Å². The number of nitrogens with zero attached hydrogens (tertiary/aromatic N) is 1. The molecule has 2 aliphatic rings. The Morgan fingerprint density at radius 2 is 2.12 bits per heavy atom. The largest absolute Gasteiger partial charge is 0.469 e. The van der Waals surface area contributed by atoms with E-state index in [4.69, 9.17) is 4.74 Å². The summed E-state index contributed by atoms with van der Waals surface area (Å²) in [6, 6.07) is 0.246. The summed E-state index contributed by atoms with van der Waals surface area (Å²) in [5.74, 6) is -0.120. The standard InChI is InChI=1S/C13H23NO3/c1-13(12(16)17-2)7-8-14(9-13)10-5-3-4-6-11(10)15/h10-11,15H,3-9H2,1-2H3/t10-,11-,13+/m0/s1. The fourth-order valence-electron chi connectivity index (χ4n) is 3.21. The van der Waals surface area contributed by atoms with E-state index in [0.29, 0.717) is 0 Å². The Balaban J connectivity index is 1.99. The third-order valence-electron chi connectivity index (χ3n) is 4.34. The topological polar surface area (TPSA) is 49.8 Å². The van der Waals surface area contributed by atoms with Gasteiger partial charge >= 0.3 is 5.97 Å². The van der Waals surface area contributed by atoms with Crippen LogP contribution >= 0.6 is 0 Å². The molecule has 17 heavy (non-hydrogen) atoms. The first-order valence-electron chi connectivity index (χ1n) is 6.57. The fraction of sp³-hybridized carbons (Fsp3) is 0.923. The molecule has 0 aromatic heterocycles. The number of ether oxygens (including phenoxy) is 1. The van der Waals surface area contributed by atoms with E-state index < -0.39 is 0 Å². The van der Waals surface area contributed by atoms with Crippen LogP contribution in [-0.4, -0.2) is 48.3 Å². The van der Waals surface area contributed by atoms with Gasteiger partial charge in [0.1, 0.15) is 0 Å². The molecule has 0 radical (unpaired) electrons. The third kappa shape index (κ3) is 2.47. The van der Waals surface area contributed by atoms with Crippen molar-refractivity contribution >= 4 is 5.97 Å². The Morgan fingerprint density at radius 1 is 1.41 bits per heavy atom. The molecular formula is C13H23NO3. The van der Waals surface area contributed by atoms with Gasteiger partial charge in [0.25, 0.3) is 0 Å². The summed E-state index contributed by atoms with van der Waals surface area (Å²) >= 11 is 0. The van der Waals surface area contributed by atoms with E-state index in [1.54, 1.807) is 0 Å². The minimum absolute atomic E-state index is 0.120. The molecule has 1 aliphatic carbocycles. The van der Waals surface area contributed by atoms with Crippen molar-refractivity contribution in [3.05, 3.63) is 0 Å². The van der Waals surface area contributed by atoms with Gasteiger partial charge in [-0.1, -0.05) is 12.8 Å². The summed E-state index contributed by atoms with van der Waals surface area (Å²) in [6.07, 6.45) is 4.88. The normalized spacial score (nSPS) is 39.2. The summed E-state index contributed by atoms with van der Waals surface area (Å²) in [6.45, 7) is 3.59. The Labute approximate surface area is 103 Å². The molecule has 4 heteroatoms. The van der Waals surface area contributed by atoms with Gasteiger partial charge in [-0.05, 0) is 32.7 Å². The minimum atomic E-state index is -0.383. The summed E-state index contributed by atoms with van der Waals surface area (Å²) < 4.78 is 4.87. The van der Waals surface area contributed by atoms with Crippen molar-refractivity contribution in [2.75, 3.05) is 20.2 Å². The highest BCUT2D eigenvalue weighted by Gasteiger charge is 2.44. The van der Waals surface area contributed by atoms with Gasteiger partial charge in [0, 0.05) is 12.6 Å². The lowest BCUT2D eigenvalue weighted by Crippen LogP contribution is -2.45. The number of aliphatic hydroxyl groups is 1. The first-order valence-corrected chi connectivity index (χ1v) is 6.57. The van der Waals surface area contributed by atoms with Crippen molar-refractivity contribution in [2.24, 2.45) is 5.41 Å². The first-order chi connectivity index (χ1) is 8.07. The Morgan fingerprint density at radius 3 is 2.76 bits per heavy atom. The lowest BCUT2D eigenvalue weighted by Gasteiger charge is -2.35. The second-order valence-corrected chi connectivity index (χ2v) is 5.69. The predicted molar refractivity (Wildman–Crippen MR) is 64.6 cm³/mol. The van der Waals surface area contributed by atoms with E-state index >= 15 is 0 Å². The number of esters is 1. The lowest BCUT2D eigenvalue weighted by molar-refractivity contribution is -0.151. The SMILES string of the molecule is COC(=O)[C@]1(C)CCN([C@H]2CCCC[C@@H]2O)C1. The minimum Gasteiger partial charge on any atom is -0.469 e. The van der Waals surface area contributed by atoms with Gasteiger partial charge in [-0.2, -0.15) is 0 Å². The van der Waals surface area contributed by atoms with Crippen molar-refractivity contribution < 1.29 is 14.6 Å². The van der Waals surface area contributed by atoms with Crippen LogP contribution < -0.4 is 0 Å². The highest BCUT2D eigenvalue weighted by molar-refractivity contribution is 5.77. The summed E-state index contributed by atoms with van der Waals surface area (Å²) in [4.78, 5) is 14.0. The van der Waals surface area contributed by atoms with Gasteiger partial charge in [0.15, 0.2) is 0 Å². The first kappa shape index (κ1) is 12.8. The molecular weight excluding hydrogens is 218 g/mol. The van der Waals surface area contributed by atoms with E-state index in [-0.39, 0.29) is 23.5 Å². The molecule has 0 aromatic rings. The number of likely N-dealkylation sites (tertiary alicyclic amines) is 1. The van der Waals surface area contributed by atoms with Gasteiger partial charge in [-0.15, -0.1) is 0 Å². The number of methoxy groups -OCH3 is 1. The molecule has 3 atom stereocenters. The van der Waals surface area contributed by atoms with Gasteiger partial charge in [-0.3, -0.25) is 9.69 Å². The second kappa shape index (κ2) is 4.94. The van der Waals surface area contributed by atoms with Crippen LogP contribution in [-0.2, 0) is 9.53 Å². The lowest BCUT2D eigenvalue weighted by atomic mass is 9.89. The third-order valence-corrected chi connectivity index (χ3v) is 4.34. The molecule has 4 nitrogen and oxygen atoms in total. The van der Waals surface area contributed by atoms with Crippen LogP contribution in [0.2, 0.25) is 0 Å². The van der Waals surface area contributed by atoms with Crippen LogP contribution in [0.3, 0.4) is 0 Å². The summed E-state index contributed by atoms with van der Waals surface area (Å²) in [5.41, 5.74) is -0.383. The molecule has 0 unspecified atom stereocenters. The zero-order valence-electron chi connectivity index (χ0n) is 10.8. The molecule has 2 fully saturated rings. The average Bonchev–Trinajstić information content (AvgIpc) is 2.72. The van der Waals surface area contributed by atoms with E-state index in [1.165, 1.54) is 13.5 Å². The van der Waals surface area contributed by atoms with Gasteiger partial charge in [0.2, 0.25) is 0 Å². The number of aliphatic hydroxyl groups excluding tert-OH is 1. The number of carbonyl (C=O) groups excluding carboxylic acids is 1. The zero-order chi connectivity index (χ0) is 12.5. The molecule has 1 saturated carbocycles. The van der Waals surface area contributed by atoms with Gasteiger partial charge in [0.05, 0.1) is 18.6 Å². The predicted octanol–water partition coefficient (Wildman–Crippen LogP) is 1.17. The molecule has 1 aliphatic heterocycles. The van der Waals surface area contributed by atoms with Gasteiger partial charge in [-0.25, -0.2) is 0 Å². The maximum absolute atomic E-state index is 11.7. The van der Waals surface area contributed by atoms with Crippen LogP contribution in [0, 0.1) is 5.41 Å². The molecule has 0 spiro atoms. The number of hydrogen-bond acceptors (Lipinski definition) is 4. The van der Waals surface area contributed by atoms with E-state index in [1.807, 2.05) is 6.92 Å². The molecule has 98 valence electrons. The Kier molecular flexibility index (Phi) is 3.73. The van der Waals surface area contributed by atoms with E-state index in [9.17, 15) is 9.90 Å². The number of rotatable bonds is 2. The Bertz CT molecular complexity index is 294. The van der Waals surface area contributed by atoms with Crippen LogP contribution in [0.25, 0.3) is 0 Å². The highest BCUT2D eigenvalue weighted by Crippen LogP contribution is 2.35. The van der Waals surface area contributed by atoms with Crippen LogP contribution in [0.5, 0.6) is 0 Å². The maximum atomic E-state index is 11.7. The molecule has 0 amide bonds. The van der Waals surface area contributed by atoms with Crippen LogP contribution in [0.1, 0.15) is 39.0 Å². The monoisotopic (exact) mass is 241 g/mol. The quantitative estimate of drug-likeness (QED) is 0.737. The van der Waals surface area contributed by atoms with Crippen LogP contribution in [0.4, 0.5) is 0 Å². The smallest absolute Gasteiger partial charge is 0.312 e. The average molecular weight is 241 g/mol. The van der Waals surface area contributed by atoms with Crippen molar-refractivity contribution in [3.63, 3.8) is 0 Å². The molecule has 0 aromatic carbocycles. The molecule has 2 rings (SSSR count). The molecule has 1 heterocycles. The van der Waals surface area contributed by atoms with Crippen molar-refractivity contribution in [1.82, 2.24) is 4.90 Å². The maximum Gasteiger partial charge on any atom is 0.312 e. The summed E-state index contributed by atoms with van der Waals surface area (Å²) in [5, 5.41) is 10.0. The van der Waals surface area contributed by atoms with Gasteiger partial charge < -0.3 is 9.84 Å². The molecule has 0 bridgehead atoms. The summed E-state index contributed by atoms with van der Waals surface area (Å²) in [7, 11) is 1.45. The zero-order valence-corrected chi connectivity index (χ0v) is 10.8. The highest BCUT2D eigenvalue weighted by atomic mass is 16.5. The van der Waals surface area contributed by atoms with Crippen molar-refractivity contribution in [1.29, 1.82) is 0 Å². The van der Waals surface area contributed by atoms with Crippen molar-refractivity contribution in [2.45, 2.75) is 51.2 Å². The van der Waals surface area contributed by atoms with Crippen LogP contribution in [0.15, 0.2) is 0 Å². The molecule has 1 saturated heterocycles. The van der Waals surface area contributed by atoms with E-state index in [0.717, 1.165) is 38.8 Å². The molecule has 1 N–H and O–H groups in total. The van der Waals surface area contributed by atoms with Crippen molar-refractivity contribution in [3.8, 4) is 0 Å².